The number of rotatable bonds is 3. The maximum atomic E-state index is 10.9. The zero-order chi connectivity index (χ0) is 12.4. The Morgan fingerprint density at radius 1 is 1.35 bits per heavy atom. The minimum atomic E-state index is -0.693. The van der Waals surface area contributed by atoms with Crippen LogP contribution in [0, 0.1) is 0 Å². The van der Waals surface area contributed by atoms with Crippen molar-refractivity contribution >= 4 is 17.4 Å². The quantitative estimate of drug-likeness (QED) is 0.620. The fourth-order valence-corrected chi connectivity index (χ4v) is 1.48. The molecule has 7 nitrogen and oxygen atoms in total. The summed E-state index contributed by atoms with van der Waals surface area (Å²) in [6, 6.07) is 7.28. The molecule has 0 saturated heterocycles. The lowest BCUT2D eigenvalue weighted by atomic mass is 10.2. The van der Waals surface area contributed by atoms with E-state index < -0.39 is 5.91 Å². The third-order valence-corrected chi connectivity index (χ3v) is 2.29. The van der Waals surface area contributed by atoms with E-state index in [2.05, 4.69) is 10.3 Å². The van der Waals surface area contributed by atoms with Crippen molar-refractivity contribution in [2.24, 2.45) is 5.73 Å². The van der Waals surface area contributed by atoms with Crippen molar-refractivity contribution in [2.45, 2.75) is 6.54 Å². The van der Waals surface area contributed by atoms with Gasteiger partial charge < -0.3 is 17.2 Å². The van der Waals surface area contributed by atoms with E-state index in [0.29, 0.717) is 12.2 Å². The number of benzene rings is 1. The van der Waals surface area contributed by atoms with E-state index in [9.17, 15) is 4.79 Å². The molecule has 0 atom stereocenters. The van der Waals surface area contributed by atoms with E-state index in [-0.39, 0.29) is 11.5 Å². The first-order valence-corrected chi connectivity index (χ1v) is 4.91. The van der Waals surface area contributed by atoms with Gasteiger partial charge in [0.05, 0.1) is 6.54 Å². The number of carbonyl (C=O) groups excluding carboxylic acids is 1. The van der Waals surface area contributed by atoms with Gasteiger partial charge >= 0.3 is 0 Å². The monoisotopic (exact) mass is 232 g/mol. The van der Waals surface area contributed by atoms with E-state index in [1.807, 2.05) is 12.1 Å². The van der Waals surface area contributed by atoms with Gasteiger partial charge in [0, 0.05) is 5.69 Å². The Labute approximate surface area is 97.2 Å². The van der Waals surface area contributed by atoms with Crippen molar-refractivity contribution in [1.29, 1.82) is 0 Å². The molecule has 0 aliphatic carbocycles. The van der Waals surface area contributed by atoms with Crippen LogP contribution < -0.4 is 17.2 Å². The second-order valence-electron chi connectivity index (χ2n) is 3.59. The summed E-state index contributed by atoms with van der Waals surface area (Å²) in [6.07, 6.45) is 0. The molecule has 1 heterocycles. The molecular weight excluding hydrogens is 220 g/mol. The first-order chi connectivity index (χ1) is 8.08. The number of carbonyl (C=O) groups is 1. The van der Waals surface area contributed by atoms with Crippen molar-refractivity contribution in [2.75, 3.05) is 11.5 Å². The third-order valence-electron chi connectivity index (χ3n) is 2.29. The minimum absolute atomic E-state index is 0.0195. The highest BCUT2D eigenvalue weighted by molar-refractivity contribution is 5.94. The highest BCUT2D eigenvalue weighted by atomic mass is 16.1. The summed E-state index contributed by atoms with van der Waals surface area (Å²) in [7, 11) is 0. The highest BCUT2D eigenvalue weighted by Crippen LogP contribution is 2.12. The van der Waals surface area contributed by atoms with Crippen LogP contribution in [-0.2, 0) is 6.54 Å². The van der Waals surface area contributed by atoms with Crippen LogP contribution in [0.2, 0.25) is 0 Å². The van der Waals surface area contributed by atoms with Gasteiger partial charge in [0.25, 0.3) is 5.91 Å². The van der Waals surface area contributed by atoms with Crippen molar-refractivity contribution in [3.05, 3.63) is 35.5 Å². The number of hydrogen-bond donors (Lipinski definition) is 3. The Morgan fingerprint density at radius 2 is 2.12 bits per heavy atom. The normalized spacial score (nSPS) is 10.4. The fraction of sp³-hybridized carbons (Fsp3) is 0.100. The smallest absolute Gasteiger partial charge is 0.273 e. The topological polar surface area (TPSA) is 126 Å². The summed E-state index contributed by atoms with van der Waals surface area (Å²) in [5, 5.41) is 7.38. The zero-order valence-electron chi connectivity index (χ0n) is 9.00. The third kappa shape index (κ3) is 2.17. The second-order valence-corrected chi connectivity index (χ2v) is 3.59. The second kappa shape index (κ2) is 4.12. The SMILES string of the molecule is NC(=O)c1nnn(Cc2cccc(N)c2)c1N. The molecule has 7 heteroatoms. The molecule has 2 aromatic rings. The lowest BCUT2D eigenvalue weighted by Gasteiger charge is -2.04. The Hall–Kier alpha value is -2.57. The van der Waals surface area contributed by atoms with Gasteiger partial charge in [-0.05, 0) is 17.7 Å². The average molecular weight is 232 g/mol. The van der Waals surface area contributed by atoms with Crippen LogP contribution in [0.1, 0.15) is 16.1 Å². The van der Waals surface area contributed by atoms with Crippen LogP contribution in [0.4, 0.5) is 11.5 Å². The van der Waals surface area contributed by atoms with Crippen LogP contribution in [0.25, 0.3) is 0 Å². The van der Waals surface area contributed by atoms with E-state index in [0.717, 1.165) is 5.56 Å². The van der Waals surface area contributed by atoms with E-state index >= 15 is 0 Å². The van der Waals surface area contributed by atoms with Gasteiger partial charge in [-0.25, -0.2) is 4.68 Å². The molecule has 0 aliphatic heterocycles. The van der Waals surface area contributed by atoms with E-state index in [1.54, 1.807) is 12.1 Å². The first kappa shape index (κ1) is 10.9. The van der Waals surface area contributed by atoms with Crippen molar-refractivity contribution in [3.63, 3.8) is 0 Å². The Kier molecular flexibility index (Phi) is 2.65. The Morgan fingerprint density at radius 3 is 2.71 bits per heavy atom. The lowest BCUT2D eigenvalue weighted by molar-refractivity contribution is 0.0996. The molecule has 1 aromatic carbocycles. The van der Waals surface area contributed by atoms with Crippen molar-refractivity contribution in [1.82, 2.24) is 15.0 Å². The number of hydrogen-bond acceptors (Lipinski definition) is 5. The van der Waals surface area contributed by atoms with Gasteiger partial charge in [0.15, 0.2) is 11.5 Å². The summed E-state index contributed by atoms with van der Waals surface area (Å²) in [5.74, 6) is -0.541. The highest BCUT2D eigenvalue weighted by Gasteiger charge is 2.14. The summed E-state index contributed by atoms with van der Waals surface area (Å²) < 4.78 is 1.40. The van der Waals surface area contributed by atoms with Crippen LogP contribution in [0.5, 0.6) is 0 Å². The molecule has 0 unspecified atom stereocenters. The standard InChI is InChI=1S/C10H12N6O/c11-7-3-1-2-6(4-7)5-16-9(12)8(10(13)17)14-15-16/h1-4H,5,11-12H2,(H2,13,17). The first-order valence-electron chi connectivity index (χ1n) is 4.91. The van der Waals surface area contributed by atoms with Crippen LogP contribution in [0.3, 0.4) is 0 Å². The molecule has 0 fully saturated rings. The Bertz CT molecular complexity index is 562. The molecule has 1 amide bonds. The number of aromatic nitrogens is 3. The predicted molar refractivity (Wildman–Crippen MR) is 62.9 cm³/mol. The molecule has 0 bridgehead atoms. The lowest BCUT2D eigenvalue weighted by Crippen LogP contribution is -2.14. The number of anilines is 2. The molecule has 6 N–H and O–H groups in total. The zero-order valence-corrected chi connectivity index (χ0v) is 9.00. The van der Waals surface area contributed by atoms with Gasteiger partial charge in [0.1, 0.15) is 0 Å². The molecule has 0 spiro atoms. The average Bonchev–Trinajstić information content (AvgIpc) is 2.61. The Balaban J connectivity index is 2.28. The molecule has 0 saturated carbocycles. The largest absolute Gasteiger partial charge is 0.399 e. The van der Waals surface area contributed by atoms with Crippen molar-refractivity contribution < 1.29 is 4.79 Å². The van der Waals surface area contributed by atoms with Gasteiger partial charge in [0.2, 0.25) is 0 Å². The molecule has 2 rings (SSSR count). The number of amides is 1. The molecule has 0 aliphatic rings. The molecule has 1 aromatic heterocycles. The van der Waals surface area contributed by atoms with E-state index in [4.69, 9.17) is 17.2 Å². The maximum Gasteiger partial charge on any atom is 0.273 e. The fourth-order valence-electron chi connectivity index (χ4n) is 1.48. The molecule has 0 radical (unpaired) electrons. The summed E-state index contributed by atoms with van der Waals surface area (Å²) in [4.78, 5) is 10.9. The van der Waals surface area contributed by atoms with Crippen LogP contribution >= 0.6 is 0 Å². The summed E-state index contributed by atoms with van der Waals surface area (Å²) >= 11 is 0. The summed E-state index contributed by atoms with van der Waals surface area (Å²) in [6.45, 7) is 0.386. The number of nitrogen functional groups attached to an aromatic ring is 2. The molecule has 17 heavy (non-hydrogen) atoms. The molecule has 88 valence electrons. The number of nitrogens with two attached hydrogens (primary N) is 3. The van der Waals surface area contributed by atoms with Gasteiger partial charge in [-0.3, -0.25) is 4.79 Å². The number of primary amides is 1. The van der Waals surface area contributed by atoms with Crippen LogP contribution in [-0.4, -0.2) is 20.9 Å². The minimum Gasteiger partial charge on any atom is -0.399 e. The summed E-state index contributed by atoms with van der Waals surface area (Å²) in [5.41, 5.74) is 18.0. The maximum absolute atomic E-state index is 10.9. The van der Waals surface area contributed by atoms with Gasteiger partial charge in [-0.2, -0.15) is 0 Å². The number of nitrogens with zero attached hydrogens (tertiary/aromatic N) is 3. The molecular formula is C10H12N6O. The van der Waals surface area contributed by atoms with Gasteiger partial charge in [-0.15, -0.1) is 5.10 Å². The van der Waals surface area contributed by atoms with Gasteiger partial charge in [-0.1, -0.05) is 17.3 Å². The van der Waals surface area contributed by atoms with Crippen molar-refractivity contribution in [3.8, 4) is 0 Å². The van der Waals surface area contributed by atoms with E-state index in [1.165, 1.54) is 4.68 Å². The predicted octanol–water partition coefficient (Wildman–Crippen LogP) is -0.410. The van der Waals surface area contributed by atoms with Crippen LogP contribution in [0.15, 0.2) is 24.3 Å².